The highest BCUT2D eigenvalue weighted by Gasteiger charge is 2.59. The quantitative estimate of drug-likeness (QED) is 0.607. The zero-order chi connectivity index (χ0) is 23.0. The van der Waals surface area contributed by atoms with Gasteiger partial charge in [0.05, 0.1) is 6.10 Å². The van der Waals surface area contributed by atoms with Crippen LogP contribution in [0.4, 0.5) is 4.79 Å². The SMILES string of the molecule is Cc1ccc([C@@H]2CC[C@@]3(NC(=O)OC(C)C)C(=O)NC[C@H]3[C@H]2c2ccc(Cl)cc2)c(Cl)c1. The molecule has 5 nitrogen and oxygen atoms in total. The van der Waals surface area contributed by atoms with Gasteiger partial charge in [0.2, 0.25) is 5.91 Å². The topological polar surface area (TPSA) is 67.4 Å². The molecule has 0 spiro atoms. The number of fused-ring (bicyclic) bond motifs is 1. The Morgan fingerprint density at radius 3 is 2.56 bits per heavy atom. The maximum absolute atomic E-state index is 13.1. The predicted octanol–water partition coefficient (Wildman–Crippen LogP) is 5.58. The van der Waals surface area contributed by atoms with Gasteiger partial charge in [-0.1, -0.05) is 47.5 Å². The number of hydrogen-bond donors (Lipinski definition) is 2. The van der Waals surface area contributed by atoms with Crippen LogP contribution in [-0.4, -0.2) is 30.2 Å². The summed E-state index contributed by atoms with van der Waals surface area (Å²) in [6.45, 7) is 6.06. The maximum Gasteiger partial charge on any atom is 0.408 e. The number of halogens is 2. The molecule has 0 unspecified atom stereocenters. The molecule has 2 N–H and O–H groups in total. The molecule has 2 aromatic carbocycles. The van der Waals surface area contributed by atoms with E-state index in [0.717, 1.165) is 21.7 Å². The molecule has 0 bridgehead atoms. The molecule has 1 aliphatic heterocycles. The highest BCUT2D eigenvalue weighted by Crippen LogP contribution is 2.54. The largest absolute Gasteiger partial charge is 0.447 e. The molecular formula is C25H28Cl2N2O3. The highest BCUT2D eigenvalue weighted by atomic mass is 35.5. The van der Waals surface area contributed by atoms with Gasteiger partial charge in [-0.3, -0.25) is 4.79 Å². The van der Waals surface area contributed by atoms with Gasteiger partial charge in [-0.05, 0) is 80.3 Å². The second kappa shape index (κ2) is 8.95. The third-order valence-corrected chi connectivity index (χ3v) is 7.29. The number of aryl methyl sites for hydroxylation is 1. The lowest BCUT2D eigenvalue weighted by molar-refractivity contribution is -0.126. The number of hydrogen-bond acceptors (Lipinski definition) is 3. The Morgan fingerprint density at radius 2 is 1.91 bits per heavy atom. The first-order valence-corrected chi connectivity index (χ1v) is 11.8. The van der Waals surface area contributed by atoms with Crippen molar-refractivity contribution in [2.75, 3.05) is 6.54 Å². The number of alkyl carbamates (subject to hydrolysis) is 1. The molecule has 7 heteroatoms. The molecule has 2 aliphatic rings. The summed E-state index contributed by atoms with van der Waals surface area (Å²) >= 11 is 12.9. The molecule has 1 aliphatic carbocycles. The molecule has 170 valence electrons. The smallest absolute Gasteiger partial charge is 0.408 e. The molecule has 2 aromatic rings. The van der Waals surface area contributed by atoms with Crippen LogP contribution in [0.1, 0.15) is 55.2 Å². The van der Waals surface area contributed by atoms with Crippen LogP contribution in [0.5, 0.6) is 0 Å². The highest BCUT2D eigenvalue weighted by molar-refractivity contribution is 6.31. The van der Waals surface area contributed by atoms with Gasteiger partial charge in [0, 0.05) is 22.5 Å². The minimum Gasteiger partial charge on any atom is -0.447 e. The van der Waals surface area contributed by atoms with Crippen LogP contribution >= 0.6 is 23.2 Å². The van der Waals surface area contributed by atoms with Crippen LogP contribution in [0.3, 0.4) is 0 Å². The number of amides is 2. The molecule has 1 saturated carbocycles. The Morgan fingerprint density at radius 1 is 1.19 bits per heavy atom. The summed E-state index contributed by atoms with van der Waals surface area (Å²) in [5.41, 5.74) is 2.21. The molecule has 2 fully saturated rings. The van der Waals surface area contributed by atoms with Crippen molar-refractivity contribution < 1.29 is 14.3 Å². The Kier molecular flexibility index (Phi) is 6.42. The minimum absolute atomic E-state index is 0.0421. The Balaban J connectivity index is 1.78. The van der Waals surface area contributed by atoms with Crippen LogP contribution in [-0.2, 0) is 9.53 Å². The summed E-state index contributed by atoms with van der Waals surface area (Å²) in [7, 11) is 0. The van der Waals surface area contributed by atoms with E-state index in [1.54, 1.807) is 13.8 Å². The number of rotatable bonds is 4. The normalized spacial score (nSPS) is 27.1. The predicted molar refractivity (Wildman–Crippen MR) is 126 cm³/mol. The lowest BCUT2D eigenvalue weighted by atomic mass is 9.60. The van der Waals surface area contributed by atoms with Crippen LogP contribution < -0.4 is 10.6 Å². The van der Waals surface area contributed by atoms with Crippen LogP contribution in [0.2, 0.25) is 10.0 Å². The van der Waals surface area contributed by atoms with Crippen molar-refractivity contribution in [2.24, 2.45) is 5.92 Å². The molecule has 1 saturated heterocycles. The molecule has 32 heavy (non-hydrogen) atoms. The molecule has 4 atom stereocenters. The van der Waals surface area contributed by atoms with Crippen LogP contribution in [0.25, 0.3) is 0 Å². The van der Waals surface area contributed by atoms with E-state index in [2.05, 4.69) is 22.8 Å². The van der Waals surface area contributed by atoms with Gasteiger partial charge >= 0.3 is 6.09 Å². The Labute approximate surface area is 198 Å². The summed E-state index contributed by atoms with van der Waals surface area (Å²) in [4.78, 5) is 25.7. The van der Waals surface area contributed by atoms with Gasteiger partial charge < -0.3 is 15.4 Å². The standard InChI is InChI=1S/C25H28Cl2N2O3/c1-14(2)32-24(31)29-25-11-10-19(18-9-4-15(3)12-21(18)27)22(20(25)13-28-23(25)30)16-5-7-17(26)8-6-16/h4-9,12,14,19-20,22H,10-11,13H2,1-3H3,(H,28,30)(H,29,31)/t19-,20-,22-,25-/m0/s1. The molecule has 4 rings (SSSR count). The van der Waals surface area contributed by atoms with E-state index >= 15 is 0 Å². The molecule has 0 aromatic heterocycles. The summed E-state index contributed by atoms with van der Waals surface area (Å²) in [5.74, 6) is -0.264. The number of carbonyl (C=O) groups excluding carboxylic acids is 2. The van der Waals surface area contributed by atoms with Crippen LogP contribution in [0, 0.1) is 12.8 Å². The van der Waals surface area contributed by atoms with Gasteiger partial charge in [0.25, 0.3) is 0 Å². The molecule has 1 heterocycles. The first-order valence-electron chi connectivity index (χ1n) is 11.0. The van der Waals surface area contributed by atoms with Crippen molar-refractivity contribution in [3.05, 3.63) is 69.2 Å². The van der Waals surface area contributed by atoms with E-state index in [1.165, 1.54) is 0 Å². The van der Waals surface area contributed by atoms with Crippen molar-refractivity contribution in [3.63, 3.8) is 0 Å². The van der Waals surface area contributed by atoms with Crippen molar-refractivity contribution in [3.8, 4) is 0 Å². The lowest BCUT2D eigenvalue weighted by Gasteiger charge is -2.46. The molecular weight excluding hydrogens is 447 g/mol. The number of nitrogens with one attached hydrogen (secondary N) is 2. The van der Waals surface area contributed by atoms with E-state index in [4.69, 9.17) is 27.9 Å². The number of carbonyl (C=O) groups is 2. The fraction of sp³-hybridized carbons (Fsp3) is 0.440. The average Bonchev–Trinajstić information content (AvgIpc) is 3.04. The fourth-order valence-electron chi connectivity index (χ4n) is 5.35. The average molecular weight is 475 g/mol. The van der Waals surface area contributed by atoms with Gasteiger partial charge in [0.1, 0.15) is 5.54 Å². The van der Waals surface area contributed by atoms with E-state index in [1.807, 2.05) is 37.3 Å². The first kappa shape index (κ1) is 22.9. The van der Waals surface area contributed by atoms with Crippen LogP contribution in [0.15, 0.2) is 42.5 Å². The summed E-state index contributed by atoms with van der Waals surface area (Å²) in [5, 5.41) is 7.33. The first-order chi connectivity index (χ1) is 15.2. The summed E-state index contributed by atoms with van der Waals surface area (Å²) in [6, 6.07) is 13.9. The van der Waals surface area contributed by atoms with Gasteiger partial charge in [-0.25, -0.2) is 4.79 Å². The van der Waals surface area contributed by atoms with Gasteiger partial charge in [-0.2, -0.15) is 0 Å². The summed E-state index contributed by atoms with van der Waals surface area (Å²) < 4.78 is 5.34. The van der Waals surface area contributed by atoms with E-state index < -0.39 is 11.6 Å². The van der Waals surface area contributed by atoms with E-state index in [9.17, 15) is 9.59 Å². The van der Waals surface area contributed by atoms with E-state index in [0.29, 0.717) is 24.4 Å². The summed E-state index contributed by atoms with van der Waals surface area (Å²) in [6.07, 6.45) is 0.366. The fourth-order valence-corrected chi connectivity index (χ4v) is 5.85. The maximum atomic E-state index is 13.1. The Hall–Kier alpha value is -2.24. The second-order valence-corrected chi connectivity index (χ2v) is 9.96. The molecule has 2 amide bonds. The zero-order valence-corrected chi connectivity index (χ0v) is 20.0. The van der Waals surface area contributed by atoms with Crippen molar-refractivity contribution >= 4 is 35.2 Å². The third kappa shape index (κ3) is 4.20. The van der Waals surface area contributed by atoms with Gasteiger partial charge in [0.15, 0.2) is 0 Å². The monoisotopic (exact) mass is 474 g/mol. The Bertz CT molecular complexity index is 1020. The van der Waals surface area contributed by atoms with Crippen molar-refractivity contribution in [1.29, 1.82) is 0 Å². The van der Waals surface area contributed by atoms with Gasteiger partial charge in [-0.15, -0.1) is 0 Å². The lowest BCUT2D eigenvalue weighted by Crippen LogP contribution is -2.61. The van der Waals surface area contributed by atoms with Crippen molar-refractivity contribution in [2.45, 2.75) is 57.1 Å². The number of ether oxygens (including phenoxy) is 1. The third-order valence-electron chi connectivity index (χ3n) is 6.72. The zero-order valence-electron chi connectivity index (χ0n) is 18.5. The van der Waals surface area contributed by atoms with E-state index in [-0.39, 0.29) is 29.8 Å². The minimum atomic E-state index is -1.02. The number of benzene rings is 2. The van der Waals surface area contributed by atoms with Crippen molar-refractivity contribution in [1.82, 2.24) is 10.6 Å². The second-order valence-electron chi connectivity index (χ2n) is 9.11. The molecule has 0 radical (unpaired) electrons.